The second kappa shape index (κ2) is 6.20. The average Bonchev–Trinajstić information content (AvgIpc) is 2.42. The number of hydrogen-bond acceptors (Lipinski definition) is 2. The van der Waals surface area contributed by atoms with Crippen LogP contribution in [0.15, 0.2) is 39.3 Å². The fraction of sp³-hybridized carbons (Fsp3) is 0.143. The van der Waals surface area contributed by atoms with E-state index < -0.39 is 17.7 Å². The first kappa shape index (κ1) is 15.4. The maximum Gasteiger partial charge on any atom is 0.137 e. The summed E-state index contributed by atoms with van der Waals surface area (Å²) in [6, 6.07) is 6.54. The Balaban J connectivity index is 2.51. The minimum Gasteiger partial charge on any atom is -0.496 e. The molecule has 0 aromatic heterocycles. The highest BCUT2D eigenvalue weighted by Gasteiger charge is 2.19. The molecule has 0 radical (unpaired) electrons. The molecule has 1 unspecified atom stereocenters. The number of hydrogen-bond donors (Lipinski definition) is 1. The fourth-order valence-corrected chi connectivity index (χ4v) is 2.54. The SMILES string of the molecule is COc1cc(Br)ccc1C(N)c1cc(F)c(Br)cc1F. The minimum atomic E-state index is -0.819. The summed E-state index contributed by atoms with van der Waals surface area (Å²) in [5.74, 6) is -0.627. The molecular weight excluding hydrogens is 396 g/mol. The van der Waals surface area contributed by atoms with Crippen LogP contribution in [0.5, 0.6) is 5.75 Å². The first-order chi connectivity index (χ1) is 9.43. The van der Waals surface area contributed by atoms with E-state index >= 15 is 0 Å². The summed E-state index contributed by atoms with van der Waals surface area (Å²) in [5.41, 5.74) is 6.70. The lowest BCUT2D eigenvalue weighted by atomic mass is 9.98. The van der Waals surface area contributed by atoms with E-state index in [1.54, 1.807) is 18.2 Å². The monoisotopic (exact) mass is 405 g/mol. The van der Waals surface area contributed by atoms with Crippen LogP contribution >= 0.6 is 31.9 Å². The van der Waals surface area contributed by atoms with Crippen LogP contribution in [0, 0.1) is 11.6 Å². The molecule has 0 aliphatic carbocycles. The van der Waals surface area contributed by atoms with E-state index in [0.29, 0.717) is 11.3 Å². The molecule has 0 saturated carbocycles. The van der Waals surface area contributed by atoms with Gasteiger partial charge in [0.15, 0.2) is 0 Å². The van der Waals surface area contributed by atoms with Crippen molar-refractivity contribution in [1.82, 2.24) is 0 Å². The molecule has 0 saturated heterocycles. The van der Waals surface area contributed by atoms with Gasteiger partial charge in [-0.2, -0.15) is 0 Å². The molecule has 0 heterocycles. The highest BCUT2D eigenvalue weighted by atomic mass is 79.9. The Kier molecular flexibility index (Phi) is 4.78. The molecule has 2 rings (SSSR count). The summed E-state index contributed by atoms with van der Waals surface area (Å²) in [7, 11) is 1.50. The Labute approximate surface area is 132 Å². The Hall–Kier alpha value is -0.980. The van der Waals surface area contributed by atoms with Gasteiger partial charge in [0.2, 0.25) is 0 Å². The Morgan fingerprint density at radius 2 is 1.75 bits per heavy atom. The number of benzene rings is 2. The second-order valence-electron chi connectivity index (χ2n) is 4.15. The molecule has 2 aromatic rings. The lowest BCUT2D eigenvalue weighted by Gasteiger charge is -2.17. The van der Waals surface area contributed by atoms with Crippen molar-refractivity contribution in [2.45, 2.75) is 6.04 Å². The molecular formula is C14H11Br2F2NO. The van der Waals surface area contributed by atoms with Crippen LogP contribution in [0.2, 0.25) is 0 Å². The van der Waals surface area contributed by atoms with Gasteiger partial charge in [-0.05, 0) is 40.2 Å². The zero-order valence-corrected chi connectivity index (χ0v) is 13.6. The van der Waals surface area contributed by atoms with Crippen molar-refractivity contribution in [2.75, 3.05) is 7.11 Å². The quantitative estimate of drug-likeness (QED) is 0.759. The topological polar surface area (TPSA) is 35.2 Å². The summed E-state index contributed by atoms with van der Waals surface area (Å²) in [5, 5.41) is 0. The zero-order chi connectivity index (χ0) is 14.9. The summed E-state index contributed by atoms with van der Waals surface area (Å²) in [4.78, 5) is 0. The number of halogens is 4. The molecule has 0 spiro atoms. The van der Waals surface area contributed by atoms with Gasteiger partial charge in [-0.25, -0.2) is 8.78 Å². The van der Waals surface area contributed by atoms with Crippen LogP contribution in [0.1, 0.15) is 17.2 Å². The third-order valence-electron chi connectivity index (χ3n) is 2.91. The molecule has 0 aliphatic rings. The van der Waals surface area contributed by atoms with Crippen LogP contribution in [-0.4, -0.2) is 7.11 Å². The van der Waals surface area contributed by atoms with Gasteiger partial charge in [-0.3, -0.25) is 0 Å². The molecule has 20 heavy (non-hydrogen) atoms. The average molecular weight is 407 g/mol. The van der Waals surface area contributed by atoms with Gasteiger partial charge < -0.3 is 10.5 Å². The van der Waals surface area contributed by atoms with Crippen molar-refractivity contribution >= 4 is 31.9 Å². The van der Waals surface area contributed by atoms with Crippen molar-refractivity contribution in [3.8, 4) is 5.75 Å². The fourth-order valence-electron chi connectivity index (χ4n) is 1.89. The maximum absolute atomic E-state index is 14.0. The highest BCUT2D eigenvalue weighted by molar-refractivity contribution is 9.10. The van der Waals surface area contributed by atoms with Gasteiger partial charge in [-0.15, -0.1) is 0 Å². The normalized spacial score (nSPS) is 12.3. The van der Waals surface area contributed by atoms with E-state index in [9.17, 15) is 8.78 Å². The van der Waals surface area contributed by atoms with Crippen molar-refractivity contribution in [3.05, 3.63) is 62.0 Å². The number of nitrogens with two attached hydrogens (primary N) is 1. The van der Waals surface area contributed by atoms with E-state index in [-0.39, 0.29) is 10.0 Å². The Bertz CT molecular complexity index is 649. The van der Waals surface area contributed by atoms with Gasteiger partial charge >= 0.3 is 0 Å². The molecule has 6 heteroatoms. The molecule has 1 atom stereocenters. The largest absolute Gasteiger partial charge is 0.496 e. The van der Waals surface area contributed by atoms with Crippen LogP contribution in [-0.2, 0) is 0 Å². The molecule has 2 N–H and O–H groups in total. The molecule has 0 fully saturated rings. The van der Waals surface area contributed by atoms with Crippen LogP contribution in [0.4, 0.5) is 8.78 Å². The smallest absolute Gasteiger partial charge is 0.137 e. The van der Waals surface area contributed by atoms with E-state index in [0.717, 1.165) is 16.6 Å². The van der Waals surface area contributed by atoms with Gasteiger partial charge in [0.25, 0.3) is 0 Å². The Morgan fingerprint density at radius 3 is 2.40 bits per heavy atom. The zero-order valence-electron chi connectivity index (χ0n) is 10.5. The van der Waals surface area contributed by atoms with Crippen molar-refractivity contribution in [2.24, 2.45) is 5.73 Å². The van der Waals surface area contributed by atoms with Crippen LogP contribution in [0.25, 0.3) is 0 Å². The molecule has 106 valence electrons. The summed E-state index contributed by atoms with van der Waals surface area (Å²) < 4.78 is 33.6. The predicted octanol–water partition coefficient (Wildman–Crippen LogP) is 4.55. The third-order valence-corrected chi connectivity index (χ3v) is 4.01. The summed E-state index contributed by atoms with van der Waals surface area (Å²) in [6.07, 6.45) is 0. The lowest BCUT2D eigenvalue weighted by Crippen LogP contribution is -2.15. The highest BCUT2D eigenvalue weighted by Crippen LogP contribution is 2.33. The molecule has 0 aliphatic heterocycles. The first-order valence-corrected chi connectivity index (χ1v) is 7.26. The third kappa shape index (κ3) is 3.02. The van der Waals surface area contributed by atoms with Gasteiger partial charge in [-0.1, -0.05) is 22.0 Å². The predicted molar refractivity (Wildman–Crippen MR) is 80.8 cm³/mol. The van der Waals surface area contributed by atoms with E-state index in [4.69, 9.17) is 10.5 Å². The van der Waals surface area contributed by atoms with Gasteiger partial charge in [0.1, 0.15) is 17.4 Å². The van der Waals surface area contributed by atoms with E-state index in [1.807, 2.05) is 0 Å². The number of methoxy groups -OCH3 is 1. The van der Waals surface area contributed by atoms with Crippen molar-refractivity contribution in [3.63, 3.8) is 0 Å². The van der Waals surface area contributed by atoms with E-state index in [1.165, 1.54) is 7.11 Å². The molecule has 0 bridgehead atoms. The van der Waals surface area contributed by atoms with E-state index in [2.05, 4.69) is 31.9 Å². The molecule has 2 nitrogen and oxygen atoms in total. The van der Waals surface area contributed by atoms with Gasteiger partial charge in [0.05, 0.1) is 17.6 Å². The summed E-state index contributed by atoms with van der Waals surface area (Å²) >= 11 is 6.25. The first-order valence-electron chi connectivity index (χ1n) is 5.67. The number of rotatable bonds is 3. The minimum absolute atomic E-state index is 0.0636. The number of ether oxygens (including phenoxy) is 1. The molecule has 2 aromatic carbocycles. The lowest BCUT2D eigenvalue weighted by molar-refractivity contribution is 0.407. The van der Waals surface area contributed by atoms with Gasteiger partial charge in [0, 0.05) is 15.6 Å². The maximum atomic E-state index is 14.0. The van der Waals surface area contributed by atoms with Crippen molar-refractivity contribution < 1.29 is 13.5 Å². The summed E-state index contributed by atoms with van der Waals surface area (Å²) in [6.45, 7) is 0. The van der Waals surface area contributed by atoms with Crippen molar-refractivity contribution in [1.29, 1.82) is 0 Å². The van der Waals surface area contributed by atoms with Crippen LogP contribution < -0.4 is 10.5 Å². The Morgan fingerprint density at radius 1 is 1.05 bits per heavy atom. The second-order valence-corrected chi connectivity index (χ2v) is 5.92. The molecule has 0 amide bonds. The van der Waals surface area contributed by atoms with Crippen LogP contribution in [0.3, 0.4) is 0 Å². The standard InChI is InChI=1S/C14H11Br2F2NO/c1-20-13-4-7(15)2-3-8(13)14(19)9-5-12(18)10(16)6-11(9)17/h2-6,14H,19H2,1H3.